The van der Waals surface area contributed by atoms with E-state index >= 15 is 0 Å². The zero-order chi connectivity index (χ0) is 8.97. The number of hydrogen-bond donors (Lipinski definition) is 1. The lowest BCUT2D eigenvalue weighted by molar-refractivity contribution is 0.765. The van der Waals surface area contributed by atoms with Crippen LogP contribution in [0.5, 0.6) is 0 Å². The maximum Gasteiger partial charge on any atom is 0.0289 e. The Kier molecular flexibility index (Phi) is 3.00. The fourth-order valence-corrected chi connectivity index (χ4v) is 0.947. The van der Waals surface area contributed by atoms with Crippen molar-refractivity contribution in [3.63, 3.8) is 0 Å². The van der Waals surface area contributed by atoms with Crippen LogP contribution in [0.2, 0.25) is 0 Å². The number of hydrogen-bond acceptors (Lipinski definition) is 2. The Morgan fingerprint density at radius 1 is 1.58 bits per heavy atom. The highest BCUT2D eigenvalue weighted by Gasteiger charge is 2.02. The molecule has 0 spiro atoms. The molecule has 1 aromatic rings. The molecule has 0 saturated heterocycles. The third-order valence-corrected chi connectivity index (χ3v) is 1.84. The van der Waals surface area contributed by atoms with Gasteiger partial charge in [0, 0.05) is 18.4 Å². The van der Waals surface area contributed by atoms with Crippen LogP contribution in [0.4, 0.5) is 0 Å². The first-order chi connectivity index (χ1) is 5.70. The third kappa shape index (κ3) is 2.47. The van der Waals surface area contributed by atoms with E-state index in [1.54, 1.807) is 12.4 Å². The van der Waals surface area contributed by atoms with E-state index in [0.29, 0.717) is 0 Å². The molecule has 12 heavy (non-hydrogen) atoms. The van der Waals surface area contributed by atoms with Gasteiger partial charge < -0.3 is 5.73 Å². The van der Waals surface area contributed by atoms with Gasteiger partial charge in [-0.3, -0.25) is 4.98 Å². The van der Waals surface area contributed by atoms with Gasteiger partial charge in [0.1, 0.15) is 0 Å². The van der Waals surface area contributed by atoms with Crippen LogP contribution < -0.4 is 5.73 Å². The lowest BCUT2D eigenvalue weighted by Gasteiger charge is -2.10. The maximum absolute atomic E-state index is 5.83. The summed E-state index contributed by atoms with van der Waals surface area (Å²) in [5.74, 6) is 0. The molecule has 0 bridgehead atoms. The Balaban J connectivity index is 2.58. The van der Waals surface area contributed by atoms with Crippen LogP contribution in [-0.4, -0.2) is 11.0 Å². The average molecular weight is 162 g/mol. The molecular formula is C10H14N2. The predicted octanol–water partition coefficient (Wildman–Crippen LogP) is 1.53. The second kappa shape index (κ2) is 4.02. The van der Waals surface area contributed by atoms with E-state index in [0.717, 1.165) is 12.0 Å². The summed E-state index contributed by atoms with van der Waals surface area (Å²) in [4.78, 5) is 3.93. The molecular weight excluding hydrogens is 148 g/mol. The minimum Gasteiger partial charge on any atom is -0.324 e. The maximum atomic E-state index is 5.83. The number of pyridine rings is 1. The van der Waals surface area contributed by atoms with Gasteiger partial charge in [-0.1, -0.05) is 12.2 Å². The molecule has 1 aromatic heterocycles. The van der Waals surface area contributed by atoms with Crippen molar-refractivity contribution in [3.8, 4) is 0 Å². The zero-order valence-electron chi connectivity index (χ0n) is 7.33. The Bertz CT molecular complexity index is 254. The summed E-state index contributed by atoms with van der Waals surface area (Å²) < 4.78 is 0. The van der Waals surface area contributed by atoms with Gasteiger partial charge in [0.05, 0.1) is 0 Å². The molecule has 1 heterocycles. The quantitative estimate of drug-likeness (QED) is 0.684. The Labute approximate surface area is 73.1 Å². The van der Waals surface area contributed by atoms with E-state index in [1.807, 2.05) is 19.1 Å². The van der Waals surface area contributed by atoms with Crippen molar-refractivity contribution in [1.29, 1.82) is 0 Å². The molecule has 0 fully saturated rings. The second-order valence-corrected chi connectivity index (χ2v) is 3.01. The first-order valence-electron chi connectivity index (χ1n) is 4.00. The third-order valence-electron chi connectivity index (χ3n) is 1.84. The summed E-state index contributed by atoms with van der Waals surface area (Å²) in [6, 6.07) is 4.01. The molecule has 0 radical (unpaired) electrons. The van der Waals surface area contributed by atoms with Crippen molar-refractivity contribution < 1.29 is 0 Å². The Hall–Kier alpha value is -1.15. The smallest absolute Gasteiger partial charge is 0.0289 e. The molecule has 1 unspecified atom stereocenters. The molecule has 0 amide bonds. The van der Waals surface area contributed by atoms with Crippen LogP contribution in [0, 0.1) is 0 Å². The molecule has 1 rings (SSSR count). The fraction of sp³-hybridized carbons (Fsp3) is 0.300. The monoisotopic (exact) mass is 162 g/mol. The number of nitrogens with zero attached hydrogens (tertiary/aromatic N) is 1. The van der Waals surface area contributed by atoms with E-state index in [1.165, 1.54) is 5.56 Å². The molecule has 2 heteroatoms. The number of nitrogens with two attached hydrogens (primary N) is 1. The molecule has 0 aliphatic rings. The van der Waals surface area contributed by atoms with E-state index in [2.05, 4.69) is 11.6 Å². The number of rotatable bonds is 3. The van der Waals surface area contributed by atoms with Crippen LogP contribution >= 0.6 is 0 Å². The van der Waals surface area contributed by atoms with Gasteiger partial charge in [-0.25, -0.2) is 0 Å². The van der Waals surface area contributed by atoms with Crippen LogP contribution in [0.15, 0.2) is 36.7 Å². The lowest BCUT2D eigenvalue weighted by atomic mass is 10.0. The normalized spacial score (nSPS) is 12.5. The molecule has 2 nitrogen and oxygen atoms in total. The summed E-state index contributed by atoms with van der Waals surface area (Å²) in [5, 5.41) is 0. The lowest BCUT2D eigenvalue weighted by Crippen LogP contribution is -2.23. The second-order valence-electron chi connectivity index (χ2n) is 3.01. The minimum absolute atomic E-state index is 0.0624. The number of aromatic nitrogens is 1. The summed E-state index contributed by atoms with van der Waals surface area (Å²) in [6.07, 6.45) is 4.40. The molecule has 0 aliphatic carbocycles. The van der Waals surface area contributed by atoms with Crippen molar-refractivity contribution >= 4 is 0 Å². The summed E-state index contributed by atoms with van der Waals surface area (Å²) in [5.41, 5.74) is 8.06. The van der Waals surface area contributed by atoms with Crippen molar-refractivity contribution in [2.75, 3.05) is 0 Å². The van der Waals surface area contributed by atoms with Gasteiger partial charge >= 0.3 is 0 Å². The molecule has 0 aliphatic heterocycles. The van der Waals surface area contributed by atoms with Crippen molar-refractivity contribution in [2.45, 2.75) is 19.4 Å². The van der Waals surface area contributed by atoms with E-state index in [-0.39, 0.29) is 6.04 Å². The van der Waals surface area contributed by atoms with Crippen LogP contribution in [0.1, 0.15) is 12.5 Å². The van der Waals surface area contributed by atoms with Gasteiger partial charge in [0.2, 0.25) is 0 Å². The SMILES string of the molecule is C=C(C)C(N)Cc1ccncc1. The molecule has 2 N–H and O–H groups in total. The Morgan fingerprint density at radius 2 is 2.17 bits per heavy atom. The minimum atomic E-state index is 0.0624. The van der Waals surface area contributed by atoms with Crippen LogP contribution in [0.3, 0.4) is 0 Å². The van der Waals surface area contributed by atoms with Crippen molar-refractivity contribution in [1.82, 2.24) is 4.98 Å². The van der Waals surface area contributed by atoms with E-state index in [4.69, 9.17) is 5.73 Å². The first kappa shape index (κ1) is 8.94. The first-order valence-corrected chi connectivity index (χ1v) is 4.00. The molecule has 64 valence electrons. The van der Waals surface area contributed by atoms with E-state index < -0.39 is 0 Å². The summed E-state index contributed by atoms with van der Waals surface area (Å²) in [6.45, 7) is 5.76. The molecule has 1 atom stereocenters. The Morgan fingerprint density at radius 3 is 2.67 bits per heavy atom. The standard InChI is InChI=1S/C10H14N2/c1-8(2)10(11)7-9-3-5-12-6-4-9/h3-6,10H,1,7,11H2,2H3. The van der Waals surface area contributed by atoms with Gasteiger partial charge in [0.15, 0.2) is 0 Å². The van der Waals surface area contributed by atoms with Gasteiger partial charge in [-0.2, -0.15) is 0 Å². The highest BCUT2D eigenvalue weighted by Crippen LogP contribution is 2.04. The highest BCUT2D eigenvalue weighted by molar-refractivity contribution is 5.15. The summed E-state index contributed by atoms with van der Waals surface area (Å²) in [7, 11) is 0. The largest absolute Gasteiger partial charge is 0.324 e. The molecule has 0 saturated carbocycles. The molecule has 0 aromatic carbocycles. The van der Waals surface area contributed by atoms with Gasteiger partial charge in [0.25, 0.3) is 0 Å². The highest BCUT2D eigenvalue weighted by atomic mass is 14.6. The summed E-state index contributed by atoms with van der Waals surface area (Å²) >= 11 is 0. The van der Waals surface area contributed by atoms with Gasteiger partial charge in [-0.15, -0.1) is 0 Å². The fourth-order valence-electron chi connectivity index (χ4n) is 0.947. The van der Waals surface area contributed by atoms with Gasteiger partial charge in [-0.05, 0) is 31.0 Å². The van der Waals surface area contributed by atoms with Crippen molar-refractivity contribution in [2.24, 2.45) is 5.73 Å². The van der Waals surface area contributed by atoms with E-state index in [9.17, 15) is 0 Å². The van der Waals surface area contributed by atoms with Crippen LogP contribution in [0.25, 0.3) is 0 Å². The topological polar surface area (TPSA) is 38.9 Å². The predicted molar refractivity (Wildman–Crippen MR) is 50.7 cm³/mol. The zero-order valence-corrected chi connectivity index (χ0v) is 7.33. The van der Waals surface area contributed by atoms with Crippen molar-refractivity contribution in [3.05, 3.63) is 42.2 Å². The average Bonchev–Trinajstić information content (AvgIpc) is 2.06. The van der Waals surface area contributed by atoms with Crippen LogP contribution in [-0.2, 0) is 6.42 Å².